The third-order valence-corrected chi connectivity index (χ3v) is 10.8. The Morgan fingerprint density at radius 1 is 0.688 bits per heavy atom. The minimum Gasteiger partial charge on any atom is -0.512 e. The predicted octanol–water partition coefficient (Wildman–Crippen LogP) is 10.1. The Morgan fingerprint density at radius 3 is 2.21 bits per heavy atom. The van der Waals surface area contributed by atoms with Crippen molar-refractivity contribution in [3.8, 4) is 11.4 Å². The predicted molar refractivity (Wildman–Crippen MR) is 192 cm³/mol. The first-order valence-corrected chi connectivity index (χ1v) is 16.9. The number of benzene rings is 4. The summed E-state index contributed by atoms with van der Waals surface area (Å²) in [6.07, 6.45) is 7.56. The summed E-state index contributed by atoms with van der Waals surface area (Å²) < 4.78 is 11.3. The van der Waals surface area contributed by atoms with Crippen LogP contribution in [0.15, 0.2) is 84.0 Å². The van der Waals surface area contributed by atoms with E-state index in [4.69, 9.17) is 14.7 Å². The first kappa shape index (κ1) is 31.1. The topological polar surface area (TPSA) is 44.3 Å². The Labute approximate surface area is 295 Å². The van der Waals surface area contributed by atoms with Gasteiger partial charge < -0.3 is 13.9 Å². The first-order chi connectivity index (χ1) is 22.7. The van der Waals surface area contributed by atoms with Crippen molar-refractivity contribution in [2.24, 2.45) is 4.99 Å². The van der Waals surface area contributed by atoms with Gasteiger partial charge >= 0.3 is 21.1 Å². The van der Waals surface area contributed by atoms with Gasteiger partial charge in [0.25, 0.3) is 0 Å². The van der Waals surface area contributed by atoms with Gasteiger partial charge in [-0.25, -0.2) is 4.98 Å². The first-order valence-electron chi connectivity index (χ1n) is 16.9. The van der Waals surface area contributed by atoms with Crippen LogP contribution in [0.5, 0.6) is 0 Å². The second-order valence-corrected chi connectivity index (χ2v) is 14.2. The molecule has 5 nitrogen and oxygen atoms in total. The molecule has 0 amide bonds. The number of pyridine rings is 1. The van der Waals surface area contributed by atoms with Crippen molar-refractivity contribution in [3.05, 3.63) is 113 Å². The Balaban J connectivity index is 0.00000336. The van der Waals surface area contributed by atoms with Crippen LogP contribution in [0.25, 0.3) is 55.1 Å². The number of aliphatic imine (C=N–C) groups is 1. The molecule has 7 aromatic rings. The van der Waals surface area contributed by atoms with Gasteiger partial charge in [-0.05, 0) is 88.4 Å². The van der Waals surface area contributed by atoms with Crippen molar-refractivity contribution in [1.29, 1.82) is 0 Å². The van der Waals surface area contributed by atoms with Crippen LogP contribution in [0.4, 0.5) is 0 Å². The minimum absolute atomic E-state index is 0. The van der Waals surface area contributed by atoms with Crippen molar-refractivity contribution in [2.45, 2.75) is 77.9 Å². The third kappa shape index (κ3) is 4.61. The Morgan fingerprint density at radius 2 is 1.42 bits per heavy atom. The number of ether oxygens (including phenoxy) is 1. The Hall–Kier alpha value is -4.21. The normalized spacial score (nSPS) is 20.9. The number of hydrogen-bond donors (Lipinski definition) is 0. The molecule has 1 aliphatic heterocycles. The van der Waals surface area contributed by atoms with E-state index >= 15 is 0 Å². The summed E-state index contributed by atoms with van der Waals surface area (Å²) in [6.45, 7) is 11.0. The van der Waals surface area contributed by atoms with E-state index in [2.05, 4.69) is 123 Å². The molecule has 3 aromatic heterocycles. The van der Waals surface area contributed by atoms with Crippen molar-refractivity contribution in [3.63, 3.8) is 0 Å². The Kier molecular flexibility index (Phi) is 7.23. The van der Waals surface area contributed by atoms with Crippen LogP contribution in [0.2, 0.25) is 0 Å². The van der Waals surface area contributed by atoms with Crippen LogP contribution in [0.1, 0.15) is 68.2 Å². The SMILES string of the molecule is Cc1cc(C2=N[C@]3(C)CCCCC[C@]3(C)O2)[c-]c(-n2c3[c-]c(-n4c5ccc(C)cc5c5cccnc54)ccc3c3cc(C)ccc32)c1.[Pt+2]. The van der Waals surface area contributed by atoms with Gasteiger partial charge in [-0.15, -0.1) is 41.3 Å². The molecule has 48 heavy (non-hydrogen) atoms. The number of aryl methyl sites for hydroxylation is 3. The van der Waals surface area contributed by atoms with E-state index in [0.717, 1.165) is 74.2 Å². The fourth-order valence-corrected chi connectivity index (χ4v) is 8.11. The van der Waals surface area contributed by atoms with Crippen LogP contribution in [0.3, 0.4) is 0 Å². The van der Waals surface area contributed by atoms with E-state index in [1.807, 2.05) is 12.3 Å². The van der Waals surface area contributed by atoms with E-state index in [1.54, 1.807) is 0 Å². The fraction of sp³-hybridized carbons (Fsp3) is 0.286. The molecule has 2 aliphatic rings. The second-order valence-electron chi connectivity index (χ2n) is 14.2. The van der Waals surface area contributed by atoms with Crippen LogP contribution in [-0.2, 0) is 25.8 Å². The van der Waals surface area contributed by atoms with Gasteiger partial charge in [0.1, 0.15) is 17.1 Å². The summed E-state index contributed by atoms with van der Waals surface area (Å²) in [5, 5.41) is 4.70. The van der Waals surface area contributed by atoms with E-state index in [0.29, 0.717) is 0 Å². The van der Waals surface area contributed by atoms with Gasteiger partial charge in [0, 0.05) is 22.5 Å². The maximum Gasteiger partial charge on any atom is 2.00 e. The molecular formula is C42H38N4OPt. The molecule has 9 rings (SSSR count). The average molecular weight is 810 g/mol. The van der Waals surface area contributed by atoms with Gasteiger partial charge in [-0.2, -0.15) is 6.07 Å². The largest absolute Gasteiger partial charge is 2.00 e. The molecule has 242 valence electrons. The van der Waals surface area contributed by atoms with E-state index in [-0.39, 0.29) is 32.2 Å². The zero-order valence-electron chi connectivity index (χ0n) is 28.1. The van der Waals surface area contributed by atoms with E-state index < -0.39 is 0 Å². The van der Waals surface area contributed by atoms with E-state index in [1.165, 1.54) is 41.2 Å². The molecule has 0 bridgehead atoms. The van der Waals surface area contributed by atoms with Gasteiger partial charge in [0.2, 0.25) is 0 Å². The van der Waals surface area contributed by atoms with Crippen molar-refractivity contribution >= 4 is 49.6 Å². The summed E-state index contributed by atoms with van der Waals surface area (Å²) in [4.78, 5) is 10.1. The molecule has 6 heteroatoms. The number of fused-ring (bicyclic) bond motifs is 7. The number of rotatable bonds is 3. The molecule has 0 N–H and O–H groups in total. The van der Waals surface area contributed by atoms with E-state index in [9.17, 15) is 0 Å². The molecule has 4 aromatic carbocycles. The van der Waals surface area contributed by atoms with Gasteiger partial charge in [0.15, 0.2) is 0 Å². The maximum atomic E-state index is 6.79. The Bertz CT molecular complexity index is 2450. The maximum absolute atomic E-state index is 6.79. The summed E-state index contributed by atoms with van der Waals surface area (Å²) in [5.41, 5.74) is 10.1. The smallest absolute Gasteiger partial charge is 0.512 e. The summed E-state index contributed by atoms with van der Waals surface area (Å²) in [5.74, 6) is 0.717. The van der Waals surface area contributed by atoms with Crippen molar-refractivity contribution in [2.75, 3.05) is 0 Å². The molecule has 1 fully saturated rings. The summed E-state index contributed by atoms with van der Waals surface area (Å²) in [6, 6.07) is 34.0. The zero-order valence-corrected chi connectivity index (χ0v) is 30.3. The monoisotopic (exact) mass is 809 g/mol. The minimum atomic E-state index is -0.293. The third-order valence-electron chi connectivity index (χ3n) is 10.8. The second kappa shape index (κ2) is 11.2. The molecule has 1 aliphatic carbocycles. The van der Waals surface area contributed by atoms with Crippen LogP contribution >= 0.6 is 0 Å². The quantitative estimate of drug-likeness (QED) is 0.167. The zero-order chi connectivity index (χ0) is 32.1. The standard InChI is InChI=1S/C42H38N4O.Pt/c1-26-11-15-36-34(22-26)32-14-13-30(46-37-16-12-27(2)23-35(37)33-10-9-19-43-39(33)46)25-38(32)45(36)31-21-28(3)20-29(24-31)40-44-41(4)17-7-6-8-18-42(41,5)47-40;/h9-16,19-23H,6-8,17-18H2,1-5H3;/q-2;+2/t41-,42+;/m1./s1. The van der Waals surface area contributed by atoms with Crippen LogP contribution < -0.4 is 0 Å². The fourth-order valence-electron chi connectivity index (χ4n) is 8.11. The average Bonchev–Trinajstić information content (AvgIpc) is 3.61. The van der Waals surface area contributed by atoms with Gasteiger partial charge in [-0.1, -0.05) is 65.9 Å². The molecule has 0 saturated heterocycles. The molecule has 0 unspecified atom stereocenters. The molecule has 0 spiro atoms. The molecule has 0 radical (unpaired) electrons. The number of nitrogens with zero attached hydrogens (tertiary/aromatic N) is 4. The van der Waals surface area contributed by atoms with Crippen molar-refractivity contribution < 1.29 is 25.8 Å². The summed E-state index contributed by atoms with van der Waals surface area (Å²) >= 11 is 0. The van der Waals surface area contributed by atoms with Crippen LogP contribution in [-0.4, -0.2) is 31.2 Å². The summed E-state index contributed by atoms with van der Waals surface area (Å²) in [7, 11) is 0. The van der Waals surface area contributed by atoms with Crippen LogP contribution in [0, 0.1) is 32.9 Å². The van der Waals surface area contributed by atoms with Crippen molar-refractivity contribution in [1.82, 2.24) is 14.1 Å². The van der Waals surface area contributed by atoms with Gasteiger partial charge in [-0.3, -0.25) is 4.99 Å². The number of hydrogen-bond acceptors (Lipinski definition) is 3. The molecule has 2 atom stereocenters. The molecular weight excluding hydrogens is 772 g/mol. The number of aromatic nitrogens is 3. The molecule has 4 heterocycles. The van der Waals surface area contributed by atoms with Gasteiger partial charge in [0.05, 0.1) is 11.1 Å². The molecule has 1 saturated carbocycles.